The van der Waals surface area contributed by atoms with Crippen LogP contribution in [0.2, 0.25) is 5.02 Å². The van der Waals surface area contributed by atoms with Gasteiger partial charge in [0, 0.05) is 76.6 Å². The van der Waals surface area contributed by atoms with E-state index in [4.69, 9.17) is 41.0 Å². The number of nitrogens with two attached hydrogens (primary N) is 1. The number of aliphatic hydroxyl groups is 1. The van der Waals surface area contributed by atoms with Gasteiger partial charge in [0.05, 0.1) is 25.3 Å². The lowest BCUT2D eigenvalue weighted by molar-refractivity contribution is -0.158. The molecule has 4 bridgehead atoms. The van der Waals surface area contributed by atoms with Gasteiger partial charge in [-0.1, -0.05) is 76.4 Å². The van der Waals surface area contributed by atoms with Gasteiger partial charge in [-0.3, -0.25) is 43.8 Å². The van der Waals surface area contributed by atoms with Gasteiger partial charge in [0.25, 0.3) is 5.91 Å². The van der Waals surface area contributed by atoms with E-state index < -0.39 is 120 Å². The summed E-state index contributed by atoms with van der Waals surface area (Å²) in [4.78, 5) is 137. The van der Waals surface area contributed by atoms with Gasteiger partial charge in [0.15, 0.2) is 5.72 Å². The van der Waals surface area contributed by atoms with Crippen LogP contribution in [0.4, 0.5) is 21.0 Å². The van der Waals surface area contributed by atoms with Crippen LogP contribution in [0.1, 0.15) is 129 Å². The zero-order valence-corrected chi connectivity index (χ0v) is 53.7. The molecule has 3 saturated heterocycles. The molecule has 4 heterocycles. The maximum atomic E-state index is 14.5. The van der Waals surface area contributed by atoms with E-state index in [2.05, 4.69) is 26.6 Å². The van der Waals surface area contributed by atoms with E-state index in [0.717, 1.165) is 16.0 Å². The Labute approximate surface area is 524 Å². The summed E-state index contributed by atoms with van der Waals surface area (Å²) in [5.74, 6) is -5.07. The first-order chi connectivity index (χ1) is 41.9. The van der Waals surface area contributed by atoms with E-state index in [-0.39, 0.29) is 85.1 Å². The summed E-state index contributed by atoms with van der Waals surface area (Å²) in [7, 11) is 5.77. The van der Waals surface area contributed by atoms with Crippen molar-refractivity contribution < 1.29 is 76.7 Å². The Morgan fingerprint density at radius 3 is 2.27 bits per heavy atom. The fraction of sp³-hybridized carbons (Fsp3) is 0.587. The molecule has 26 heteroatoms. The van der Waals surface area contributed by atoms with E-state index in [1.54, 1.807) is 52.0 Å². The number of anilines is 2. The van der Waals surface area contributed by atoms with Gasteiger partial charge in [-0.05, 0) is 107 Å². The Morgan fingerprint density at radius 2 is 1.64 bits per heavy atom. The average Bonchev–Trinajstić information content (AvgIpc) is 1.59. The SMILES string of the molecule is COc1cc2cc(c1Cl)N(C)C(=O)C[C@H](OC(=O)[C@H](C)N(C)C(=O)c1ccc(NC(=O)[C@H](CCCNC(N)=O)NC(=O)[C@@H](NC(=O)CCCCCN3C(=O)CC(C(C)C)C3=O)C(C)C)cc1)[C@]1(C)O[C@H]1[C@H](C)[C@@H]1C[C@@](O)(NC(=O)O1)[C@H](OC)/C=C/C=C(\C)C2. The third-order valence-electron chi connectivity index (χ3n) is 17.1. The number of halogens is 1. The number of rotatable bonds is 23. The Balaban J connectivity index is 1.13. The van der Waals surface area contributed by atoms with Crippen LogP contribution >= 0.6 is 11.6 Å². The average molecular weight is 1260 g/mol. The van der Waals surface area contributed by atoms with E-state index in [1.165, 1.54) is 69.3 Å². The molecule has 0 aliphatic carbocycles. The molecule has 25 nitrogen and oxygen atoms in total. The molecule has 0 spiro atoms. The number of nitrogens with zero attached hydrogens (tertiary/aromatic N) is 3. The van der Waals surface area contributed by atoms with Crippen molar-refractivity contribution in [3.05, 3.63) is 76.3 Å². The van der Waals surface area contributed by atoms with E-state index in [0.29, 0.717) is 37.1 Å². The van der Waals surface area contributed by atoms with Gasteiger partial charge in [0.1, 0.15) is 52.8 Å². The van der Waals surface area contributed by atoms with Crippen molar-refractivity contribution >= 4 is 82.4 Å². The number of hydrogen-bond acceptors (Lipinski definition) is 16. The van der Waals surface area contributed by atoms with E-state index in [9.17, 15) is 53.1 Å². The third-order valence-corrected chi connectivity index (χ3v) is 17.5. The van der Waals surface area contributed by atoms with Crippen molar-refractivity contribution in [2.24, 2.45) is 29.4 Å². The highest BCUT2D eigenvalue weighted by Gasteiger charge is 2.64. The summed E-state index contributed by atoms with van der Waals surface area (Å²) in [5, 5.41) is 25.3. The normalized spacial score (nSPS) is 25.7. The Bertz CT molecular complexity index is 3030. The molecule has 4 aliphatic heterocycles. The number of carbonyl (C=O) groups is 10. The summed E-state index contributed by atoms with van der Waals surface area (Å²) < 4.78 is 29.6. The second-order valence-corrected chi connectivity index (χ2v) is 24.8. The molecular weight excluding hydrogens is 1170 g/mol. The van der Waals surface area contributed by atoms with Gasteiger partial charge >= 0.3 is 18.1 Å². The van der Waals surface area contributed by atoms with Gasteiger partial charge in [-0.25, -0.2) is 14.4 Å². The quantitative estimate of drug-likeness (QED) is 0.0316. The van der Waals surface area contributed by atoms with Gasteiger partial charge in [-0.2, -0.15) is 0 Å². The number of allylic oxidation sites excluding steroid dienone is 3. The van der Waals surface area contributed by atoms with Crippen molar-refractivity contribution in [3.8, 4) is 5.75 Å². The molecule has 89 heavy (non-hydrogen) atoms. The number of fused-ring (bicyclic) bond motifs is 5. The number of primary amides is 1. The minimum Gasteiger partial charge on any atom is -0.495 e. The van der Waals surface area contributed by atoms with Crippen molar-refractivity contribution in [1.82, 2.24) is 31.1 Å². The molecule has 4 aliphatic rings. The van der Waals surface area contributed by atoms with Crippen molar-refractivity contribution in [3.63, 3.8) is 0 Å². The summed E-state index contributed by atoms with van der Waals surface area (Å²) >= 11 is 6.85. The number of nitrogens with one attached hydrogen (secondary N) is 5. The first-order valence-corrected chi connectivity index (χ1v) is 30.6. The van der Waals surface area contributed by atoms with Crippen LogP contribution in [-0.4, -0.2) is 170 Å². The first kappa shape index (κ1) is 70.5. The number of benzene rings is 2. The van der Waals surface area contributed by atoms with Crippen molar-refractivity contribution in [2.75, 3.05) is 51.6 Å². The fourth-order valence-corrected chi connectivity index (χ4v) is 11.6. The number of ether oxygens (including phenoxy) is 5. The van der Waals surface area contributed by atoms with E-state index in [1.807, 2.05) is 26.8 Å². The zero-order valence-electron chi connectivity index (χ0n) is 52.9. The summed E-state index contributed by atoms with van der Waals surface area (Å²) in [5.41, 5.74) is 4.25. The number of epoxide rings is 1. The molecule has 0 aromatic heterocycles. The third kappa shape index (κ3) is 17.8. The number of esters is 1. The molecule has 3 fully saturated rings. The Hall–Kier alpha value is -7.61. The number of hydrogen-bond donors (Lipinski definition) is 7. The first-order valence-electron chi connectivity index (χ1n) is 30.2. The number of urea groups is 1. The fourth-order valence-electron chi connectivity index (χ4n) is 11.3. The molecule has 10 amide bonds. The highest BCUT2D eigenvalue weighted by molar-refractivity contribution is 6.35. The minimum atomic E-state index is -1.92. The number of imide groups is 1. The molecule has 11 atom stereocenters. The molecule has 1 unspecified atom stereocenters. The molecule has 8 N–H and O–H groups in total. The Kier molecular flexibility index (Phi) is 24.3. The van der Waals surface area contributed by atoms with Crippen LogP contribution in [0.5, 0.6) is 5.75 Å². The lowest BCUT2D eigenvalue weighted by Crippen LogP contribution is -2.63. The van der Waals surface area contributed by atoms with Gasteiger partial charge in [-0.15, -0.1) is 0 Å². The highest BCUT2D eigenvalue weighted by Crippen LogP contribution is 2.49. The maximum absolute atomic E-state index is 14.5. The van der Waals surface area contributed by atoms with Crippen LogP contribution in [0.3, 0.4) is 0 Å². The number of likely N-dealkylation sites (tertiary alicyclic amines) is 1. The summed E-state index contributed by atoms with van der Waals surface area (Å²) in [6.45, 7) is 14.4. The lowest BCUT2D eigenvalue weighted by atomic mass is 9.83. The second-order valence-electron chi connectivity index (χ2n) is 24.4. The maximum Gasteiger partial charge on any atom is 0.409 e. The van der Waals surface area contributed by atoms with Gasteiger partial charge in [0.2, 0.25) is 35.4 Å². The smallest absolute Gasteiger partial charge is 0.409 e. The number of unbranched alkanes of at least 4 members (excludes halogenated alkanes) is 2. The number of amides is 10. The number of alkyl carbamates (subject to hydrolysis) is 1. The molecule has 488 valence electrons. The summed E-state index contributed by atoms with van der Waals surface area (Å²) in [6.07, 6.45) is 2.10. The minimum absolute atomic E-state index is 0.0447. The van der Waals surface area contributed by atoms with Gasteiger partial charge < -0.3 is 65.6 Å². The predicted molar refractivity (Wildman–Crippen MR) is 329 cm³/mol. The standard InChI is InChI=1S/C63H88ClN9O16/c1-34(2)42-31-51(76)73(58(42)80)27-15-13-14-21-49(74)69-53(35(3)4)56(78)68-43(19-17-26-66-60(65)82)55(77)67-41-24-22-40(23-25-41)57(79)71(9)38(7)59(81)88-48-32-50(75)72(10)44-29-39(30-45(85-11)52(44)64)28-36(5)18-16-20-47(86-12)63(84)33-46(87-61(83)70-63)37(6)54-62(48,8)89-54/h16,18,20,22-25,29-30,34-35,37-38,42-43,46-48,53-54,84H,13-15,17,19,21,26-28,31-33H2,1-12H3,(H,67,77)(H,68,78)(H,69,74)(H,70,83)(H3,65,66,82)/b20-16+,36-18+/t37-,38+,42?,43+,46+,47-,48+,53+,54+,62+,63+/m1/s1. The lowest BCUT2D eigenvalue weighted by Gasteiger charge is -2.42. The van der Waals surface area contributed by atoms with Crippen LogP contribution in [0, 0.1) is 23.7 Å². The zero-order chi connectivity index (χ0) is 65.8. The topological polar surface area (TPSA) is 336 Å². The highest BCUT2D eigenvalue weighted by atomic mass is 35.5. The van der Waals surface area contributed by atoms with E-state index >= 15 is 0 Å². The predicted octanol–water partition coefficient (Wildman–Crippen LogP) is 5.43. The van der Waals surface area contributed by atoms with Crippen molar-refractivity contribution in [2.45, 2.75) is 173 Å². The number of carbonyl (C=O) groups excluding carboxylic acids is 10. The monoisotopic (exact) mass is 1260 g/mol. The van der Waals surface area contributed by atoms with Crippen LogP contribution in [0.25, 0.3) is 0 Å². The number of likely N-dealkylation sites (N-methyl/N-ethyl adjacent to an activating group) is 1. The molecule has 0 radical (unpaired) electrons. The van der Waals surface area contributed by atoms with Crippen LogP contribution < -0.4 is 42.0 Å². The molecular formula is C63H88ClN9O16. The second kappa shape index (κ2) is 30.7. The van der Waals surface area contributed by atoms with Crippen molar-refractivity contribution in [1.29, 1.82) is 0 Å². The largest absolute Gasteiger partial charge is 0.495 e. The molecule has 2 aromatic carbocycles. The van der Waals surface area contributed by atoms with Crippen LogP contribution in [0.15, 0.2) is 60.2 Å². The summed E-state index contributed by atoms with van der Waals surface area (Å²) in [6, 6.07) is 5.03. The Morgan fingerprint density at radius 1 is 0.944 bits per heavy atom. The molecule has 0 saturated carbocycles. The van der Waals surface area contributed by atoms with Crippen LogP contribution in [-0.2, 0) is 58.9 Å². The number of methoxy groups -OCH3 is 2. The molecule has 2 aromatic rings. The molecule has 6 rings (SSSR count).